The molecule has 1 atom stereocenters. The number of rotatable bonds is 5. The number of hydrogen-bond donors (Lipinski definition) is 0. The summed E-state index contributed by atoms with van der Waals surface area (Å²) in [6, 6.07) is 2.77. The molecule has 0 aliphatic carbocycles. The lowest BCUT2D eigenvalue weighted by Gasteiger charge is -2.32. The van der Waals surface area contributed by atoms with Gasteiger partial charge in [-0.05, 0) is 25.5 Å². The maximum atomic E-state index is 13.8. The molecule has 0 saturated carbocycles. The number of halogens is 3. The molecule has 1 fully saturated rings. The predicted octanol–water partition coefficient (Wildman–Crippen LogP) is 3.36. The molecule has 1 aromatic carbocycles. The number of nitrogens with zero attached hydrogens (tertiary/aromatic N) is 2. The molecule has 2 rings (SSSR count). The van der Waals surface area contributed by atoms with Crippen molar-refractivity contribution in [2.75, 3.05) is 27.3 Å². The molecule has 138 valence electrons. The average Bonchev–Trinajstić information content (AvgIpc) is 2.96. The molecule has 0 aromatic heterocycles. The zero-order chi connectivity index (χ0) is 18.8. The number of benzene rings is 1. The molecule has 1 heterocycles. The van der Waals surface area contributed by atoms with Crippen molar-refractivity contribution in [2.45, 2.75) is 32.0 Å². The number of ether oxygens (including phenoxy) is 2. The summed E-state index contributed by atoms with van der Waals surface area (Å²) < 4.78 is 51.4. The van der Waals surface area contributed by atoms with E-state index < -0.39 is 30.6 Å². The van der Waals surface area contributed by atoms with Crippen molar-refractivity contribution < 1.29 is 27.4 Å². The Kier molecular flexibility index (Phi) is 5.41. The number of methoxy groups -OCH3 is 1. The van der Waals surface area contributed by atoms with Crippen LogP contribution in [-0.2, 0) is 15.1 Å². The molecule has 8 heteroatoms. The van der Waals surface area contributed by atoms with Crippen molar-refractivity contribution in [2.24, 2.45) is 4.99 Å². The van der Waals surface area contributed by atoms with Crippen LogP contribution < -0.4 is 4.74 Å². The molecule has 1 saturated heterocycles. The topological polar surface area (TPSA) is 51.1 Å². The number of alkyl halides is 3. The minimum absolute atomic E-state index is 0.0103. The van der Waals surface area contributed by atoms with Crippen LogP contribution in [0.4, 0.5) is 18.9 Å². The third kappa shape index (κ3) is 3.63. The van der Waals surface area contributed by atoms with E-state index in [0.717, 1.165) is 6.54 Å². The van der Waals surface area contributed by atoms with Crippen molar-refractivity contribution in [3.8, 4) is 5.75 Å². The normalized spacial score (nSPS) is 21.2. The molecule has 5 nitrogen and oxygen atoms in total. The van der Waals surface area contributed by atoms with Crippen molar-refractivity contribution in [1.82, 2.24) is 4.90 Å². The monoisotopic (exact) mass is 358 g/mol. The summed E-state index contributed by atoms with van der Waals surface area (Å²) in [5, 5.41) is 0. The highest BCUT2D eigenvalue weighted by atomic mass is 19.4. The van der Waals surface area contributed by atoms with Crippen LogP contribution in [0.25, 0.3) is 0 Å². The summed E-state index contributed by atoms with van der Waals surface area (Å²) in [4.78, 5) is 17.7. The summed E-state index contributed by atoms with van der Waals surface area (Å²) in [6.07, 6.45) is -3.91. The van der Waals surface area contributed by atoms with E-state index in [2.05, 4.69) is 4.99 Å². The number of aryl methyl sites for hydroxylation is 1. The second-order valence-electron chi connectivity index (χ2n) is 5.99. The molecular weight excluding hydrogens is 337 g/mol. The van der Waals surface area contributed by atoms with Crippen LogP contribution in [0.5, 0.6) is 5.75 Å². The number of hydrogen-bond acceptors (Lipinski definition) is 4. The third-order valence-corrected chi connectivity index (χ3v) is 4.23. The van der Waals surface area contributed by atoms with E-state index in [4.69, 9.17) is 9.47 Å². The Bertz CT molecular complexity index is 688. The third-order valence-electron chi connectivity index (χ3n) is 4.23. The highest BCUT2D eigenvalue weighted by Gasteiger charge is 2.62. The van der Waals surface area contributed by atoms with Gasteiger partial charge in [0.2, 0.25) is 0 Å². The van der Waals surface area contributed by atoms with Gasteiger partial charge in [-0.1, -0.05) is 0 Å². The Hall–Kier alpha value is -2.09. The Labute approximate surface area is 144 Å². The molecule has 1 unspecified atom stereocenters. The SMILES string of the molecule is CCN(C)/C=N/c1cc(OC)c(C2(C(F)(F)F)CC(=O)CO2)cc1C. The van der Waals surface area contributed by atoms with Gasteiger partial charge in [-0.3, -0.25) is 4.79 Å². The van der Waals surface area contributed by atoms with Gasteiger partial charge in [-0.15, -0.1) is 0 Å². The summed E-state index contributed by atoms with van der Waals surface area (Å²) >= 11 is 0. The number of carbonyl (C=O) groups excluding carboxylic acids is 1. The van der Waals surface area contributed by atoms with Gasteiger partial charge in [-0.2, -0.15) is 13.2 Å². The quantitative estimate of drug-likeness (QED) is 0.598. The average molecular weight is 358 g/mol. The van der Waals surface area contributed by atoms with Gasteiger partial charge in [-0.25, -0.2) is 4.99 Å². The number of ketones is 1. The fourth-order valence-electron chi connectivity index (χ4n) is 2.63. The first-order valence-corrected chi connectivity index (χ1v) is 7.80. The summed E-state index contributed by atoms with van der Waals surface area (Å²) in [5.74, 6) is -0.604. The molecule has 0 spiro atoms. The fourth-order valence-corrected chi connectivity index (χ4v) is 2.63. The van der Waals surface area contributed by atoms with Crippen LogP contribution in [0, 0.1) is 6.92 Å². The minimum Gasteiger partial charge on any atom is -0.496 e. The zero-order valence-corrected chi connectivity index (χ0v) is 14.6. The lowest BCUT2D eigenvalue weighted by Crippen LogP contribution is -2.42. The van der Waals surface area contributed by atoms with Crippen LogP contribution in [0.1, 0.15) is 24.5 Å². The van der Waals surface area contributed by atoms with Gasteiger partial charge in [0.1, 0.15) is 12.4 Å². The van der Waals surface area contributed by atoms with Crippen LogP contribution in [0.3, 0.4) is 0 Å². The Morgan fingerprint density at radius 3 is 2.60 bits per heavy atom. The van der Waals surface area contributed by atoms with Gasteiger partial charge in [0.15, 0.2) is 11.4 Å². The molecule has 1 aliphatic heterocycles. The van der Waals surface area contributed by atoms with Crippen molar-refractivity contribution in [1.29, 1.82) is 0 Å². The first-order valence-electron chi connectivity index (χ1n) is 7.80. The zero-order valence-electron chi connectivity index (χ0n) is 14.6. The highest BCUT2D eigenvalue weighted by molar-refractivity contribution is 5.83. The van der Waals surface area contributed by atoms with Gasteiger partial charge < -0.3 is 14.4 Å². The highest BCUT2D eigenvalue weighted by Crippen LogP contribution is 2.51. The maximum absolute atomic E-state index is 13.8. The van der Waals surface area contributed by atoms with Crippen LogP contribution >= 0.6 is 0 Å². The molecule has 0 bridgehead atoms. The Morgan fingerprint density at radius 2 is 2.12 bits per heavy atom. The summed E-state index contributed by atoms with van der Waals surface area (Å²) in [7, 11) is 3.11. The lowest BCUT2D eigenvalue weighted by atomic mass is 9.87. The van der Waals surface area contributed by atoms with E-state index in [9.17, 15) is 18.0 Å². The van der Waals surface area contributed by atoms with Gasteiger partial charge in [0.05, 0.1) is 25.6 Å². The van der Waals surface area contributed by atoms with E-state index in [0.29, 0.717) is 11.3 Å². The lowest BCUT2D eigenvalue weighted by molar-refractivity contribution is -0.269. The van der Waals surface area contributed by atoms with E-state index >= 15 is 0 Å². The van der Waals surface area contributed by atoms with Crippen molar-refractivity contribution in [3.05, 3.63) is 23.3 Å². The van der Waals surface area contributed by atoms with Gasteiger partial charge in [0, 0.05) is 25.2 Å². The van der Waals surface area contributed by atoms with E-state index in [1.54, 1.807) is 13.3 Å². The molecule has 0 amide bonds. The van der Waals surface area contributed by atoms with Crippen LogP contribution in [0.2, 0.25) is 0 Å². The molecule has 1 aromatic rings. The molecule has 0 radical (unpaired) electrons. The number of Topliss-reactive ketones (excluding diaryl/α,β-unsaturated/α-hetero) is 1. The largest absolute Gasteiger partial charge is 0.496 e. The van der Waals surface area contributed by atoms with Crippen LogP contribution in [-0.4, -0.2) is 50.5 Å². The number of aliphatic imine (C=N–C) groups is 1. The molecule has 1 aliphatic rings. The van der Waals surface area contributed by atoms with Crippen molar-refractivity contribution >= 4 is 17.8 Å². The summed E-state index contributed by atoms with van der Waals surface area (Å²) in [5.41, 5.74) is -1.86. The first-order chi connectivity index (χ1) is 11.6. The van der Waals surface area contributed by atoms with Crippen molar-refractivity contribution in [3.63, 3.8) is 0 Å². The summed E-state index contributed by atoms with van der Waals surface area (Å²) in [6.45, 7) is 3.78. The predicted molar refractivity (Wildman–Crippen MR) is 87.5 cm³/mol. The first kappa shape index (κ1) is 19.2. The second kappa shape index (κ2) is 7.03. The standard InChI is InChI=1S/C17H21F3N2O3/c1-5-22(3)10-21-14-7-15(24-4)13(6-11(14)2)16(17(18,19)20)8-12(23)9-25-16/h6-7,10H,5,8-9H2,1-4H3/b21-10+. The molecule has 25 heavy (non-hydrogen) atoms. The molecular formula is C17H21F3N2O3. The van der Waals surface area contributed by atoms with Crippen LogP contribution in [0.15, 0.2) is 17.1 Å². The maximum Gasteiger partial charge on any atom is 0.422 e. The Morgan fingerprint density at radius 1 is 1.44 bits per heavy atom. The van der Waals surface area contributed by atoms with E-state index in [1.807, 2.05) is 18.9 Å². The second-order valence-corrected chi connectivity index (χ2v) is 5.99. The minimum atomic E-state index is -4.74. The van der Waals surface area contributed by atoms with E-state index in [1.165, 1.54) is 19.2 Å². The van der Waals surface area contributed by atoms with Gasteiger partial charge in [0.25, 0.3) is 0 Å². The molecule has 0 N–H and O–H groups in total. The Balaban J connectivity index is 2.56. The van der Waals surface area contributed by atoms with E-state index in [-0.39, 0.29) is 11.3 Å². The smallest absolute Gasteiger partial charge is 0.422 e. The fraction of sp³-hybridized carbons (Fsp3) is 0.529. The number of carbonyl (C=O) groups is 1. The van der Waals surface area contributed by atoms with Gasteiger partial charge >= 0.3 is 6.18 Å².